The van der Waals surface area contributed by atoms with E-state index in [2.05, 4.69) is 31.6 Å². The number of nitrogens with zero attached hydrogens (tertiary/aromatic N) is 6. The first-order valence-electron chi connectivity index (χ1n) is 6.95. The lowest BCUT2D eigenvalue weighted by atomic mass is 9.91. The molecule has 0 aromatic carbocycles. The van der Waals surface area contributed by atoms with Crippen molar-refractivity contribution in [2.45, 2.75) is 39.5 Å². The zero-order valence-electron chi connectivity index (χ0n) is 13.3. The summed E-state index contributed by atoms with van der Waals surface area (Å²) in [5.74, 6) is 0.213. The molecule has 0 saturated heterocycles. The summed E-state index contributed by atoms with van der Waals surface area (Å²) in [6.45, 7) is 7.82. The van der Waals surface area contributed by atoms with Crippen molar-refractivity contribution in [1.82, 2.24) is 20.0 Å². The van der Waals surface area contributed by atoms with Crippen LogP contribution in [0.5, 0.6) is 5.88 Å². The Labute approximate surface area is 128 Å². The van der Waals surface area contributed by atoms with Crippen LogP contribution in [0, 0.1) is 11.3 Å². The molecule has 0 spiro atoms. The number of azo groups is 1. The predicted octanol–water partition coefficient (Wildman–Crippen LogP) is 3.00. The number of nitrogens with one attached hydrogen (secondary N) is 1. The molecule has 2 N–H and O–H groups in total. The SMILES string of the molecule is CCc1n[nH]c(/N=N/c2c(C(C)(C)C)nn(C)c2O)c1C#N. The Balaban J connectivity index is 2.48. The molecule has 2 heterocycles. The summed E-state index contributed by atoms with van der Waals surface area (Å²) in [7, 11) is 1.63. The van der Waals surface area contributed by atoms with Crippen molar-refractivity contribution in [2.24, 2.45) is 17.3 Å². The number of H-pyrrole nitrogens is 1. The summed E-state index contributed by atoms with van der Waals surface area (Å²) >= 11 is 0. The first kappa shape index (κ1) is 15.7. The van der Waals surface area contributed by atoms with E-state index < -0.39 is 0 Å². The highest BCUT2D eigenvalue weighted by Gasteiger charge is 2.26. The maximum atomic E-state index is 10.1. The third kappa shape index (κ3) is 2.70. The van der Waals surface area contributed by atoms with Gasteiger partial charge in [-0.1, -0.05) is 27.7 Å². The van der Waals surface area contributed by atoms with Crippen molar-refractivity contribution < 1.29 is 5.11 Å². The quantitative estimate of drug-likeness (QED) is 0.848. The molecule has 0 unspecified atom stereocenters. The summed E-state index contributed by atoms with van der Waals surface area (Å²) in [6.07, 6.45) is 0.625. The number of nitriles is 1. The fourth-order valence-corrected chi connectivity index (χ4v) is 2.02. The van der Waals surface area contributed by atoms with Gasteiger partial charge in [0.15, 0.2) is 11.5 Å². The van der Waals surface area contributed by atoms with Gasteiger partial charge in [0, 0.05) is 12.5 Å². The second kappa shape index (κ2) is 5.60. The maximum Gasteiger partial charge on any atom is 0.238 e. The smallest absolute Gasteiger partial charge is 0.238 e. The lowest BCUT2D eigenvalue weighted by Crippen LogP contribution is -2.12. The molecule has 2 aromatic rings. The van der Waals surface area contributed by atoms with E-state index in [9.17, 15) is 10.4 Å². The normalized spacial score (nSPS) is 12.0. The number of aromatic nitrogens is 4. The summed E-state index contributed by atoms with van der Waals surface area (Å²) in [6, 6.07) is 2.07. The average Bonchev–Trinajstić information content (AvgIpc) is 2.98. The number of hydrogen-bond donors (Lipinski definition) is 2. The van der Waals surface area contributed by atoms with Crippen molar-refractivity contribution >= 4 is 11.5 Å². The monoisotopic (exact) mass is 301 g/mol. The van der Waals surface area contributed by atoms with Gasteiger partial charge >= 0.3 is 0 Å². The summed E-state index contributed by atoms with van der Waals surface area (Å²) in [4.78, 5) is 0. The minimum Gasteiger partial charge on any atom is -0.492 e. The zero-order valence-corrected chi connectivity index (χ0v) is 13.3. The number of aromatic hydroxyl groups is 1. The zero-order chi connectivity index (χ0) is 16.5. The van der Waals surface area contributed by atoms with Crippen LogP contribution in [0.25, 0.3) is 0 Å². The van der Waals surface area contributed by atoms with Crippen LogP contribution in [0.1, 0.15) is 44.6 Å². The summed E-state index contributed by atoms with van der Waals surface area (Å²) in [5.41, 5.74) is 1.64. The molecule has 0 fully saturated rings. The molecule has 0 atom stereocenters. The maximum absolute atomic E-state index is 10.1. The minimum atomic E-state index is -0.298. The minimum absolute atomic E-state index is 0.0672. The van der Waals surface area contributed by atoms with Gasteiger partial charge in [0.05, 0.1) is 11.4 Å². The molecule has 0 aliphatic rings. The molecule has 2 aromatic heterocycles. The molecular formula is C14H19N7O. The van der Waals surface area contributed by atoms with Crippen LogP contribution in [0.15, 0.2) is 10.2 Å². The molecule has 0 radical (unpaired) electrons. The second-order valence-electron chi connectivity index (χ2n) is 5.95. The second-order valence-corrected chi connectivity index (χ2v) is 5.95. The van der Waals surface area contributed by atoms with Crippen molar-refractivity contribution in [2.75, 3.05) is 0 Å². The molecule has 0 saturated carbocycles. The van der Waals surface area contributed by atoms with Gasteiger partial charge in [-0.3, -0.25) is 5.10 Å². The van der Waals surface area contributed by atoms with Gasteiger partial charge in [0.25, 0.3) is 0 Å². The highest BCUT2D eigenvalue weighted by molar-refractivity contribution is 5.55. The number of aromatic amines is 1. The van der Waals surface area contributed by atoms with Crippen LogP contribution < -0.4 is 0 Å². The number of aryl methyl sites for hydroxylation is 2. The van der Waals surface area contributed by atoms with E-state index in [1.807, 2.05) is 27.7 Å². The van der Waals surface area contributed by atoms with Gasteiger partial charge in [0.2, 0.25) is 5.88 Å². The van der Waals surface area contributed by atoms with Crippen molar-refractivity contribution in [3.8, 4) is 11.9 Å². The molecule has 0 aliphatic heterocycles. The third-order valence-electron chi connectivity index (χ3n) is 3.22. The highest BCUT2D eigenvalue weighted by atomic mass is 16.3. The standard InChI is InChI=1S/C14H19N7O/c1-6-9-8(7-15)12(18-16-9)19-17-10-11(14(2,3)4)20-21(5)13(10)22/h22H,6H2,1-5H3,(H,16,18)/b19-17+. The summed E-state index contributed by atoms with van der Waals surface area (Å²) < 4.78 is 1.35. The molecule has 0 aliphatic carbocycles. The van der Waals surface area contributed by atoms with E-state index in [1.165, 1.54) is 4.68 Å². The van der Waals surface area contributed by atoms with Crippen LogP contribution in [0.2, 0.25) is 0 Å². The molecule has 2 rings (SSSR count). The fraction of sp³-hybridized carbons (Fsp3) is 0.500. The third-order valence-corrected chi connectivity index (χ3v) is 3.22. The van der Waals surface area contributed by atoms with Gasteiger partial charge < -0.3 is 5.11 Å². The topological polar surface area (TPSA) is 115 Å². The van der Waals surface area contributed by atoms with E-state index >= 15 is 0 Å². The lowest BCUT2D eigenvalue weighted by molar-refractivity contribution is 0.419. The molecule has 8 heteroatoms. The molecule has 22 heavy (non-hydrogen) atoms. The largest absolute Gasteiger partial charge is 0.492 e. The van der Waals surface area contributed by atoms with Crippen LogP contribution in [0.4, 0.5) is 11.5 Å². The van der Waals surface area contributed by atoms with Crippen LogP contribution >= 0.6 is 0 Å². The molecule has 0 bridgehead atoms. The Hall–Kier alpha value is -2.69. The molecule has 0 amide bonds. The van der Waals surface area contributed by atoms with Crippen molar-refractivity contribution in [1.29, 1.82) is 5.26 Å². The van der Waals surface area contributed by atoms with E-state index in [4.69, 9.17) is 0 Å². The fourth-order valence-electron chi connectivity index (χ4n) is 2.02. The summed E-state index contributed by atoms with van der Waals surface area (Å²) in [5, 5.41) is 38.4. The van der Waals surface area contributed by atoms with Gasteiger partial charge in [0.1, 0.15) is 11.6 Å². The Bertz CT molecular complexity index is 755. The van der Waals surface area contributed by atoms with Gasteiger partial charge in [-0.05, 0) is 6.42 Å². The molecule has 8 nitrogen and oxygen atoms in total. The Morgan fingerprint density at radius 2 is 2.05 bits per heavy atom. The number of hydrogen-bond acceptors (Lipinski definition) is 6. The number of rotatable bonds is 3. The Morgan fingerprint density at radius 3 is 2.59 bits per heavy atom. The highest BCUT2D eigenvalue weighted by Crippen LogP contribution is 2.38. The van der Waals surface area contributed by atoms with E-state index in [1.54, 1.807) is 7.05 Å². The van der Waals surface area contributed by atoms with E-state index in [0.29, 0.717) is 29.1 Å². The predicted molar refractivity (Wildman–Crippen MR) is 80.4 cm³/mol. The Kier molecular flexibility index (Phi) is 3.99. The lowest BCUT2D eigenvalue weighted by Gasteiger charge is -2.14. The van der Waals surface area contributed by atoms with E-state index in [-0.39, 0.29) is 17.1 Å². The van der Waals surface area contributed by atoms with Crippen molar-refractivity contribution in [3.63, 3.8) is 0 Å². The first-order chi connectivity index (χ1) is 10.3. The van der Waals surface area contributed by atoms with Crippen LogP contribution in [0.3, 0.4) is 0 Å². The van der Waals surface area contributed by atoms with Crippen LogP contribution in [-0.4, -0.2) is 25.1 Å². The van der Waals surface area contributed by atoms with Gasteiger partial charge in [-0.25, -0.2) is 4.68 Å². The van der Waals surface area contributed by atoms with Crippen molar-refractivity contribution in [3.05, 3.63) is 17.0 Å². The van der Waals surface area contributed by atoms with Crippen LogP contribution in [-0.2, 0) is 18.9 Å². The first-order valence-corrected chi connectivity index (χ1v) is 6.95. The van der Waals surface area contributed by atoms with Gasteiger partial charge in [-0.2, -0.15) is 15.5 Å². The van der Waals surface area contributed by atoms with Gasteiger partial charge in [-0.15, -0.1) is 10.2 Å². The Morgan fingerprint density at radius 1 is 1.36 bits per heavy atom. The average molecular weight is 301 g/mol. The molecule has 116 valence electrons. The molecular weight excluding hydrogens is 282 g/mol. The van der Waals surface area contributed by atoms with E-state index in [0.717, 1.165) is 0 Å².